The number of hydrogen-bond acceptors (Lipinski definition) is 23. The van der Waals surface area contributed by atoms with Gasteiger partial charge < -0.3 is 76.4 Å². The van der Waals surface area contributed by atoms with Crippen LogP contribution in [0.4, 0.5) is 4.79 Å². The van der Waals surface area contributed by atoms with Crippen molar-refractivity contribution in [3.05, 3.63) is 143 Å². The van der Waals surface area contributed by atoms with Crippen molar-refractivity contribution in [3.63, 3.8) is 0 Å². The van der Waals surface area contributed by atoms with Gasteiger partial charge in [-0.3, -0.25) is 38.5 Å². The van der Waals surface area contributed by atoms with E-state index in [0.29, 0.717) is 0 Å². The highest BCUT2D eigenvalue weighted by Gasteiger charge is 2.59. The van der Waals surface area contributed by atoms with Crippen molar-refractivity contribution in [2.75, 3.05) is 33.5 Å². The fourth-order valence-electron chi connectivity index (χ4n) is 10.5. The minimum atomic E-state index is -2.12. The summed E-state index contributed by atoms with van der Waals surface area (Å²) in [6, 6.07) is 30.4. The zero-order chi connectivity index (χ0) is 63.9. The number of methoxy groups -OCH3 is 1. The van der Waals surface area contributed by atoms with Crippen LogP contribution in [-0.4, -0.2) is 182 Å². The standard InChI is InChI=1S/C61H67Cl3N2O23/c1-33(67)76-29-44-49(83-34(2)68)51(85-36(4)70)46(65-60(74)82-32-61(62,63)64)57(87-44)80-31-45-50(84-35(3)69)52(86-37(5)71)47(66-55(72)41-24-16-17-25-42(41)56(66)73)58(88-45)81-30-43-48(77-26-38-18-10-7-11-19-38)53(78-27-39-20-12-8-13-21-39)54(59(75-6)89-43)79-28-40-22-14-9-15-23-40/h7-25,43-54,57-59H,26-32H2,1-6H3,(H,65,74)/t43-,44-,45-,46-,47-,48-,49-,50-,51-,52-,53+,54-,57-,58-,59+/m1/s1. The van der Waals surface area contributed by atoms with E-state index in [-0.39, 0.29) is 30.9 Å². The predicted molar refractivity (Wildman–Crippen MR) is 308 cm³/mol. The molecule has 0 unspecified atom stereocenters. The van der Waals surface area contributed by atoms with Crippen LogP contribution in [0.25, 0.3) is 0 Å². The smallest absolute Gasteiger partial charge is 0.407 e. The number of benzene rings is 4. The van der Waals surface area contributed by atoms with E-state index in [1.54, 1.807) is 12.1 Å². The summed E-state index contributed by atoms with van der Waals surface area (Å²) >= 11 is 17.7. The van der Waals surface area contributed by atoms with Crippen molar-refractivity contribution < 1.29 is 109 Å². The number of alkyl halides is 3. The molecule has 4 aliphatic rings. The van der Waals surface area contributed by atoms with Gasteiger partial charge in [0.15, 0.2) is 43.3 Å². The number of fused-ring (bicyclic) bond motifs is 1. The zero-order valence-electron chi connectivity index (χ0n) is 49.1. The maximum atomic E-state index is 14.7. The number of rotatable bonds is 25. The van der Waals surface area contributed by atoms with E-state index in [9.17, 15) is 38.4 Å². The summed E-state index contributed by atoms with van der Waals surface area (Å²) < 4.78 is 90.7. The van der Waals surface area contributed by atoms with E-state index in [4.69, 9.17) is 106 Å². The van der Waals surface area contributed by atoms with Gasteiger partial charge in [-0.15, -0.1) is 0 Å². The number of nitrogens with one attached hydrogen (secondary N) is 1. The van der Waals surface area contributed by atoms with Crippen LogP contribution in [0.15, 0.2) is 115 Å². The predicted octanol–water partition coefficient (Wildman–Crippen LogP) is 6.02. The Hall–Kier alpha value is -6.85. The second-order valence-corrected chi connectivity index (χ2v) is 23.3. The molecule has 0 aliphatic carbocycles. The Labute approximate surface area is 526 Å². The van der Waals surface area contributed by atoms with E-state index >= 15 is 0 Å². The highest BCUT2D eigenvalue weighted by Crippen LogP contribution is 2.39. The van der Waals surface area contributed by atoms with Gasteiger partial charge in [-0.2, -0.15) is 0 Å². The molecule has 28 heteroatoms. The lowest BCUT2D eigenvalue weighted by atomic mass is 9.94. The van der Waals surface area contributed by atoms with Crippen molar-refractivity contribution in [3.8, 4) is 0 Å². The molecule has 25 nitrogen and oxygen atoms in total. The third kappa shape index (κ3) is 18.4. The maximum Gasteiger partial charge on any atom is 0.407 e. The van der Waals surface area contributed by atoms with Gasteiger partial charge in [0, 0.05) is 41.7 Å². The van der Waals surface area contributed by atoms with Gasteiger partial charge in [0.2, 0.25) is 3.79 Å². The molecule has 0 bridgehead atoms. The van der Waals surface area contributed by atoms with Crippen LogP contribution >= 0.6 is 34.8 Å². The monoisotopic (exact) mass is 1300 g/mol. The summed E-state index contributed by atoms with van der Waals surface area (Å²) in [6.45, 7) is 2.55. The number of hydrogen-bond donors (Lipinski definition) is 1. The van der Waals surface area contributed by atoms with Crippen LogP contribution in [0.1, 0.15) is 72.0 Å². The average Bonchev–Trinajstić information content (AvgIpc) is 1.79. The van der Waals surface area contributed by atoms with Gasteiger partial charge in [-0.1, -0.05) is 138 Å². The fourth-order valence-corrected chi connectivity index (χ4v) is 10.7. The van der Waals surface area contributed by atoms with Gasteiger partial charge in [-0.05, 0) is 28.8 Å². The average molecular weight is 1300 g/mol. The van der Waals surface area contributed by atoms with Crippen LogP contribution < -0.4 is 5.32 Å². The molecule has 4 aromatic carbocycles. The van der Waals surface area contributed by atoms with Crippen LogP contribution in [0.2, 0.25) is 0 Å². The van der Waals surface area contributed by atoms with Gasteiger partial charge in [0.05, 0.1) is 44.2 Å². The Bertz CT molecular complexity index is 3040. The molecule has 3 saturated heterocycles. The number of nitrogens with zero attached hydrogens (tertiary/aromatic N) is 1. The summed E-state index contributed by atoms with van der Waals surface area (Å²) in [6.07, 6.45) is -20.7. The number of halogens is 3. The third-order valence-electron chi connectivity index (χ3n) is 14.2. The number of amides is 3. The molecule has 1 N–H and O–H groups in total. The Balaban J connectivity index is 1.20. The van der Waals surface area contributed by atoms with Crippen LogP contribution in [0.5, 0.6) is 0 Å². The lowest BCUT2D eigenvalue weighted by molar-refractivity contribution is -0.339. The number of carbonyl (C=O) groups excluding carboxylic acids is 8. The number of ether oxygens (including phenoxy) is 15. The zero-order valence-corrected chi connectivity index (χ0v) is 51.3. The third-order valence-corrected chi connectivity index (χ3v) is 14.6. The lowest BCUT2D eigenvalue weighted by Gasteiger charge is -2.49. The first kappa shape index (κ1) is 68.1. The molecule has 3 fully saturated rings. The second kappa shape index (κ2) is 31.7. The molecule has 4 aromatic rings. The summed E-state index contributed by atoms with van der Waals surface area (Å²) in [5.74, 6) is -6.39. The van der Waals surface area contributed by atoms with Crippen molar-refractivity contribution in [1.82, 2.24) is 10.2 Å². The lowest BCUT2D eigenvalue weighted by Crippen LogP contribution is -2.69. The van der Waals surface area contributed by atoms with E-state index in [2.05, 4.69) is 5.32 Å². The Kier molecular flexibility index (Phi) is 24.3. The molecule has 0 saturated carbocycles. The number of esters is 5. The molecule has 480 valence electrons. The van der Waals surface area contributed by atoms with Gasteiger partial charge in [-0.25, -0.2) is 4.79 Å². The Morgan fingerprint density at radius 3 is 1.35 bits per heavy atom. The van der Waals surface area contributed by atoms with E-state index in [1.807, 2.05) is 91.0 Å². The highest BCUT2D eigenvalue weighted by atomic mass is 35.6. The molecule has 15 atom stereocenters. The van der Waals surface area contributed by atoms with Crippen molar-refractivity contribution >= 4 is 82.6 Å². The minimum Gasteiger partial charge on any atom is -0.463 e. The Morgan fingerprint density at radius 1 is 0.461 bits per heavy atom. The summed E-state index contributed by atoms with van der Waals surface area (Å²) in [5, 5.41) is 2.43. The van der Waals surface area contributed by atoms with Gasteiger partial charge >= 0.3 is 35.9 Å². The first-order valence-corrected chi connectivity index (χ1v) is 29.2. The van der Waals surface area contributed by atoms with Crippen molar-refractivity contribution in [1.29, 1.82) is 0 Å². The van der Waals surface area contributed by atoms with Crippen molar-refractivity contribution in [2.24, 2.45) is 0 Å². The van der Waals surface area contributed by atoms with Crippen LogP contribution in [0, 0.1) is 0 Å². The normalized spacial score (nSPS) is 27.6. The molecule has 0 radical (unpaired) electrons. The molecule has 8 rings (SSSR count). The number of alkyl carbamates (subject to hydrolysis) is 1. The summed E-state index contributed by atoms with van der Waals surface area (Å²) in [5.41, 5.74) is 2.35. The molecular formula is C61H67Cl3N2O23. The molecule has 4 aliphatic heterocycles. The molecule has 3 amide bonds. The topological polar surface area (TPSA) is 290 Å². The van der Waals surface area contributed by atoms with Crippen LogP contribution in [0.3, 0.4) is 0 Å². The van der Waals surface area contributed by atoms with Gasteiger partial charge in [0.25, 0.3) is 11.8 Å². The maximum absolute atomic E-state index is 14.7. The highest BCUT2D eigenvalue weighted by molar-refractivity contribution is 6.67. The molecule has 4 heterocycles. The quantitative estimate of drug-likeness (QED) is 0.0343. The Morgan fingerprint density at radius 2 is 0.865 bits per heavy atom. The van der Waals surface area contributed by atoms with Gasteiger partial charge in [0.1, 0.15) is 61.9 Å². The summed E-state index contributed by atoms with van der Waals surface area (Å²) in [4.78, 5) is 108. The molecule has 0 aromatic heterocycles. The van der Waals surface area contributed by atoms with E-state index in [0.717, 1.165) is 56.2 Å². The fraction of sp³-hybridized carbons (Fsp3) is 0.475. The summed E-state index contributed by atoms with van der Waals surface area (Å²) in [7, 11) is 1.42. The first-order chi connectivity index (χ1) is 42.6. The number of imide groups is 1. The largest absolute Gasteiger partial charge is 0.463 e. The number of carbonyl (C=O) groups is 8. The van der Waals surface area contributed by atoms with E-state index in [1.165, 1.54) is 19.2 Å². The molecule has 89 heavy (non-hydrogen) atoms. The van der Waals surface area contributed by atoms with Crippen molar-refractivity contribution in [2.45, 2.75) is 150 Å². The van der Waals surface area contributed by atoms with Crippen LogP contribution in [-0.2, 0) is 115 Å². The minimum absolute atomic E-state index is 0.0145. The molecule has 0 spiro atoms. The molecular weight excluding hydrogens is 1240 g/mol. The van der Waals surface area contributed by atoms with E-state index < -0.39 is 170 Å². The SMILES string of the molecule is CO[C@H]1O[C@H](CO[C@@H]2O[C@H](CO[C@@H]3O[C@H](COC(C)=O)[C@@H](OC(C)=O)[C@H](OC(C)=O)[C@H]3NC(=O)OCC(Cl)(Cl)Cl)[C@@H](OC(C)=O)[C@H](OC(C)=O)[C@H]2N2C(=O)c3ccccc3C2=O)[C@@H](OCc2ccccc2)[C@H](OCc2ccccc2)[C@H]1OCc1ccccc1. The second-order valence-electron chi connectivity index (χ2n) is 20.8. The first-order valence-electron chi connectivity index (χ1n) is 28.1.